The summed E-state index contributed by atoms with van der Waals surface area (Å²) in [6.07, 6.45) is -4.28. The van der Waals surface area contributed by atoms with Gasteiger partial charge < -0.3 is 10.2 Å². The van der Waals surface area contributed by atoms with E-state index in [9.17, 15) is 22.8 Å². The fourth-order valence-electron chi connectivity index (χ4n) is 3.57. The van der Waals surface area contributed by atoms with Gasteiger partial charge in [0.05, 0.1) is 0 Å². The molecule has 33 heavy (non-hydrogen) atoms. The first kappa shape index (κ1) is 24.1. The first-order valence-electron chi connectivity index (χ1n) is 10.4. The maximum atomic E-state index is 12.9. The minimum atomic E-state index is -4.67. The highest BCUT2D eigenvalue weighted by atomic mass is 19.4. The van der Waals surface area contributed by atoms with Crippen molar-refractivity contribution in [2.75, 3.05) is 11.9 Å². The Morgan fingerprint density at radius 3 is 2.55 bits per heavy atom. The van der Waals surface area contributed by atoms with Crippen LogP contribution in [-0.2, 0) is 28.7 Å². The number of hydrogen-bond acceptors (Lipinski definition) is 5. The third-order valence-electron chi connectivity index (χ3n) is 5.32. The minimum absolute atomic E-state index is 0.0296. The number of fused-ring (bicyclic) bond motifs is 1. The quantitative estimate of drug-likeness (QED) is 0.578. The van der Waals surface area contributed by atoms with Gasteiger partial charge in [0.1, 0.15) is 0 Å². The molecule has 2 amide bonds. The van der Waals surface area contributed by atoms with E-state index in [1.54, 1.807) is 30.9 Å². The van der Waals surface area contributed by atoms with Gasteiger partial charge in [-0.25, -0.2) is 9.50 Å². The Labute approximate surface area is 188 Å². The van der Waals surface area contributed by atoms with Gasteiger partial charge in [-0.05, 0) is 50.5 Å². The lowest BCUT2D eigenvalue weighted by atomic mass is 10.1. The smallest absolute Gasteiger partial charge is 0.339 e. The van der Waals surface area contributed by atoms with Crippen molar-refractivity contribution in [1.82, 2.24) is 24.5 Å². The van der Waals surface area contributed by atoms with Gasteiger partial charge >= 0.3 is 6.18 Å². The largest absolute Gasteiger partial charge is 0.453 e. The third kappa shape index (κ3) is 5.65. The summed E-state index contributed by atoms with van der Waals surface area (Å²) in [5, 5.41) is 6.35. The molecule has 0 saturated carbocycles. The number of rotatable bonds is 7. The summed E-state index contributed by atoms with van der Waals surface area (Å²) < 4.78 is 39.9. The van der Waals surface area contributed by atoms with E-state index >= 15 is 0 Å². The molecule has 0 aliphatic rings. The highest BCUT2D eigenvalue weighted by Gasteiger charge is 2.37. The molecule has 0 atom stereocenters. The van der Waals surface area contributed by atoms with Crippen LogP contribution in [0.15, 0.2) is 24.3 Å². The molecule has 3 rings (SSSR count). The Morgan fingerprint density at radius 1 is 1.18 bits per heavy atom. The number of aryl methyl sites for hydroxylation is 2. The van der Waals surface area contributed by atoms with Crippen LogP contribution >= 0.6 is 0 Å². The maximum absolute atomic E-state index is 12.9. The van der Waals surface area contributed by atoms with Gasteiger partial charge in [-0.15, -0.1) is 5.10 Å². The topological polar surface area (TPSA) is 92.5 Å². The first-order chi connectivity index (χ1) is 15.5. The van der Waals surface area contributed by atoms with Crippen LogP contribution in [0.25, 0.3) is 5.78 Å². The van der Waals surface area contributed by atoms with Crippen LogP contribution in [-0.4, -0.2) is 42.8 Å². The SMILES string of the molecule is CCN(Cc1cccc(NC(=O)CCc2c(C)nc3nc(C(F)(F)F)nn3c2C)c1)C(C)=O. The second-order valence-electron chi connectivity index (χ2n) is 7.69. The summed E-state index contributed by atoms with van der Waals surface area (Å²) in [6.45, 7) is 7.72. The molecule has 0 aliphatic heterocycles. The number of carbonyl (C=O) groups excluding carboxylic acids is 2. The number of carbonyl (C=O) groups is 2. The van der Waals surface area contributed by atoms with Crippen molar-refractivity contribution >= 4 is 23.3 Å². The molecule has 0 bridgehead atoms. The summed E-state index contributed by atoms with van der Waals surface area (Å²) in [5.41, 5.74) is 3.09. The molecule has 8 nitrogen and oxygen atoms in total. The standard InChI is InChI=1S/C22H25F3N6O2/c1-5-30(15(4)32)12-16-7-6-8-17(11-16)27-19(33)10-9-18-13(2)26-21-28-20(22(23,24)25)29-31(21)14(18)3/h6-8,11H,5,9-10,12H2,1-4H3,(H,27,33). The van der Waals surface area contributed by atoms with Gasteiger partial charge in [-0.3, -0.25) is 9.59 Å². The van der Waals surface area contributed by atoms with E-state index in [1.807, 2.05) is 19.1 Å². The first-order valence-corrected chi connectivity index (χ1v) is 10.4. The Hall–Kier alpha value is -3.50. The fourth-order valence-corrected chi connectivity index (χ4v) is 3.57. The van der Waals surface area contributed by atoms with E-state index in [1.165, 1.54) is 6.92 Å². The highest BCUT2D eigenvalue weighted by molar-refractivity contribution is 5.91. The Morgan fingerprint density at radius 2 is 1.91 bits per heavy atom. The lowest BCUT2D eigenvalue weighted by Gasteiger charge is -2.19. The van der Waals surface area contributed by atoms with Crippen molar-refractivity contribution in [2.24, 2.45) is 0 Å². The van der Waals surface area contributed by atoms with E-state index in [0.29, 0.717) is 35.7 Å². The normalized spacial score (nSPS) is 11.6. The molecule has 0 fully saturated rings. The molecule has 176 valence electrons. The number of anilines is 1. The molecular formula is C22H25F3N6O2. The zero-order chi connectivity index (χ0) is 24.3. The molecule has 0 spiro atoms. The molecular weight excluding hydrogens is 437 g/mol. The Balaban J connectivity index is 1.70. The second kappa shape index (κ2) is 9.55. The van der Waals surface area contributed by atoms with E-state index in [4.69, 9.17) is 0 Å². The summed E-state index contributed by atoms with van der Waals surface area (Å²) in [5.74, 6) is -1.66. The van der Waals surface area contributed by atoms with Gasteiger partial charge in [-0.1, -0.05) is 12.1 Å². The lowest BCUT2D eigenvalue weighted by molar-refractivity contribution is -0.144. The Bertz CT molecular complexity index is 1190. The monoisotopic (exact) mass is 462 g/mol. The van der Waals surface area contributed by atoms with E-state index in [-0.39, 0.29) is 30.4 Å². The van der Waals surface area contributed by atoms with Crippen LogP contribution in [0.5, 0.6) is 0 Å². The Kier molecular flexibility index (Phi) is 6.99. The van der Waals surface area contributed by atoms with Crippen molar-refractivity contribution < 1.29 is 22.8 Å². The van der Waals surface area contributed by atoms with Crippen LogP contribution < -0.4 is 5.32 Å². The predicted octanol–water partition coefficient (Wildman–Crippen LogP) is 3.70. The predicted molar refractivity (Wildman–Crippen MR) is 115 cm³/mol. The van der Waals surface area contributed by atoms with E-state index in [0.717, 1.165) is 10.1 Å². The number of nitrogens with zero attached hydrogens (tertiary/aromatic N) is 5. The van der Waals surface area contributed by atoms with E-state index < -0.39 is 12.0 Å². The number of alkyl halides is 3. The summed E-state index contributed by atoms with van der Waals surface area (Å²) in [4.78, 5) is 33.4. The molecule has 2 aromatic heterocycles. The fraction of sp³-hybridized carbons (Fsp3) is 0.409. The van der Waals surface area contributed by atoms with Crippen LogP contribution in [0.2, 0.25) is 0 Å². The number of aromatic nitrogens is 4. The number of halogens is 3. The van der Waals surface area contributed by atoms with Crippen molar-refractivity contribution in [1.29, 1.82) is 0 Å². The van der Waals surface area contributed by atoms with Gasteiger partial charge in [0.15, 0.2) is 0 Å². The zero-order valence-corrected chi connectivity index (χ0v) is 18.8. The number of benzene rings is 1. The summed E-state index contributed by atoms with van der Waals surface area (Å²) >= 11 is 0. The molecule has 2 heterocycles. The van der Waals surface area contributed by atoms with Crippen molar-refractivity contribution in [3.8, 4) is 0 Å². The lowest BCUT2D eigenvalue weighted by Crippen LogP contribution is -2.27. The minimum Gasteiger partial charge on any atom is -0.339 e. The van der Waals surface area contributed by atoms with Crippen molar-refractivity contribution in [2.45, 2.75) is 53.3 Å². The van der Waals surface area contributed by atoms with E-state index in [2.05, 4.69) is 20.4 Å². The average molecular weight is 462 g/mol. The highest BCUT2D eigenvalue weighted by Crippen LogP contribution is 2.27. The van der Waals surface area contributed by atoms with Crippen LogP contribution in [0, 0.1) is 13.8 Å². The van der Waals surface area contributed by atoms with Crippen molar-refractivity contribution in [3.05, 3.63) is 52.6 Å². The van der Waals surface area contributed by atoms with Crippen molar-refractivity contribution in [3.63, 3.8) is 0 Å². The molecule has 0 unspecified atom stereocenters. The third-order valence-corrected chi connectivity index (χ3v) is 5.32. The molecule has 1 aromatic carbocycles. The molecule has 0 aliphatic carbocycles. The molecule has 0 saturated heterocycles. The molecule has 1 N–H and O–H groups in total. The molecule has 11 heteroatoms. The average Bonchev–Trinajstić information content (AvgIpc) is 3.16. The maximum Gasteiger partial charge on any atom is 0.453 e. The number of nitrogens with one attached hydrogen (secondary N) is 1. The summed E-state index contributed by atoms with van der Waals surface area (Å²) in [7, 11) is 0. The van der Waals surface area contributed by atoms with Gasteiger partial charge in [-0.2, -0.15) is 18.2 Å². The molecule has 3 aromatic rings. The zero-order valence-electron chi connectivity index (χ0n) is 18.8. The van der Waals surface area contributed by atoms with Gasteiger partial charge in [0, 0.05) is 43.5 Å². The van der Waals surface area contributed by atoms with Gasteiger partial charge in [0.2, 0.25) is 11.8 Å². The second-order valence-corrected chi connectivity index (χ2v) is 7.69. The van der Waals surface area contributed by atoms with Crippen LogP contribution in [0.4, 0.5) is 18.9 Å². The number of amides is 2. The molecule has 0 radical (unpaired) electrons. The number of hydrogen-bond donors (Lipinski definition) is 1. The van der Waals surface area contributed by atoms with Crippen LogP contribution in [0.1, 0.15) is 48.6 Å². The summed E-state index contributed by atoms with van der Waals surface area (Å²) in [6, 6.07) is 7.24. The van der Waals surface area contributed by atoms with Crippen LogP contribution in [0.3, 0.4) is 0 Å². The van der Waals surface area contributed by atoms with Gasteiger partial charge in [0.25, 0.3) is 11.6 Å².